The lowest BCUT2D eigenvalue weighted by molar-refractivity contribution is 0.0728. The molecular weight excluding hydrogens is 354 g/mol. The molecule has 142 valence electrons. The highest BCUT2D eigenvalue weighted by Gasteiger charge is 2.18. The van der Waals surface area contributed by atoms with Crippen LogP contribution in [-0.4, -0.2) is 15.7 Å². The van der Waals surface area contributed by atoms with Crippen LogP contribution in [0.2, 0.25) is 0 Å². The first kappa shape index (κ1) is 19.3. The maximum absolute atomic E-state index is 12.8. The topological polar surface area (TPSA) is 85.0 Å². The molecule has 0 fully saturated rings. The molecule has 0 amide bonds. The van der Waals surface area contributed by atoms with E-state index in [4.69, 9.17) is 10.00 Å². The molecular formula is C22H21N3O3. The molecule has 3 rings (SSSR count). The van der Waals surface area contributed by atoms with Gasteiger partial charge in [-0.25, -0.2) is 9.48 Å². The van der Waals surface area contributed by atoms with Crippen LogP contribution in [0.15, 0.2) is 53.3 Å². The predicted octanol–water partition coefficient (Wildman–Crippen LogP) is 4.07. The van der Waals surface area contributed by atoms with Gasteiger partial charge in [0.05, 0.1) is 17.0 Å². The zero-order valence-corrected chi connectivity index (χ0v) is 15.7. The van der Waals surface area contributed by atoms with Gasteiger partial charge in [0, 0.05) is 11.9 Å². The zero-order chi connectivity index (χ0) is 19.9. The number of fused-ring (bicyclic) bond motifs is 1. The van der Waals surface area contributed by atoms with E-state index in [2.05, 4.69) is 12.0 Å². The van der Waals surface area contributed by atoms with Gasteiger partial charge >= 0.3 is 5.97 Å². The normalized spacial score (nSPS) is 10.6. The van der Waals surface area contributed by atoms with Gasteiger partial charge < -0.3 is 4.74 Å². The van der Waals surface area contributed by atoms with Crippen LogP contribution in [0, 0.1) is 11.3 Å². The fraction of sp³-hybridized carbons (Fsp3) is 0.273. The molecule has 0 N–H and O–H groups in total. The SMILES string of the molecule is CCCCCCn1nc(C(=O)Oc2ccc(C#N)cc2)c2ccccc2c1=O. The summed E-state index contributed by atoms with van der Waals surface area (Å²) in [4.78, 5) is 25.5. The number of carbonyl (C=O) groups is 1. The molecule has 0 atom stereocenters. The van der Waals surface area contributed by atoms with Gasteiger partial charge in [0.1, 0.15) is 5.75 Å². The van der Waals surface area contributed by atoms with Crippen molar-refractivity contribution in [3.8, 4) is 11.8 Å². The summed E-state index contributed by atoms with van der Waals surface area (Å²) in [5.41, 5.74) is 0.376. The Bertz CT molecular complexity index is 1080. The van der Waals surface area contributed by atoms with Crippen molar-refractivity contribution in [1.29, 1.82) is 5.26 Å². The lowest BCUT2D eigenvalue weighted by atomic mass is 10.1. The minimum absolute atomic E-state index is 0.107. The van der Waals surface area contributed by atoms with Crippen LogP contribution >= 0.6 is 0 Å². The maximum Gasteiger partial charge on any atom is 0.364 e. The first-order valence-electron chi connectivity index (χ1n) is 9.36. The van der Waals surface area contributed by atoms with Crippen molar-refractivity contribution in [2.24, 2.45) is 0 Å². The Morgan fingerprint density at radius 2 is 1.79 bits per heavy atom. The van der Waals surface area contributed by atoms with Gasteiger partial charge in [-0.15, -0.1) is 0 Å². The molecule has 1 aromatic heterocycles. The fourth-order valence-corrected chi connectivity index (χ4v) is 2.98. The molecule has 0 unspecified atom stereocenters. The highest BCUT2D eigenvalue weighted by molar-refractivity contribution is 6.02. The van der Waals surface area contributed by atoms with Gasteiger partial charge in [0.15, 0.2) is 5.69 Å². The summed E-state index contributed by atoms with van der Waals surface area (Å²) < 4.78 is 6.77. The first-order chi connectivity index (χ1) is 13.6. The number of carbonyl (C=O) groups excluding carboxylic acids is 1. The summed E-state index contributed by atoms with van der Waals surface area (Å²) >= 11 is 0. The van der Waals surface area contributed by atoms with Crippen molar-refractivity contribution in [3.63, 3.8) is 0 Å². The number of benzene rings is 2. The van der Waals surface area contributed by atoms with E-state index in [0.717, 1.165) is 25.7 Å². The Balaban J connectivity index is 1.93. The molecule has 6 nitrogen and oxygen atoms in total. The number of aromatic nitrogens is 2. The van der Waals surface area contributed by atoms with Crippen LogP contribution in [0.4, 0.5) is 0 Å². The molecule has 0 bridgehead atoms. The average Bonchev–Trinajstić information content (AvgIpc) is 2.73. The molecule has 0 saturated carbocycles. The number of aryl methyl sites for hydroxylation is 1. The summed E-state index contributed by atoms with van der Waals surface area (Å²) in [7, 11) is 0. The average molecular weight is 375 g/mol. The van der Waals surface area contributed by atoms with Crippen LogP contribution in [0.1, 0.15) is 48.7 Å². The standard InChI is InChI=1S/C22H21N3O3/c1-2-3-4-7-14-25-21(26)19-9-6-5-8-18(19)20(24-25)22(27)28-17-12-10-16(15-23)11-13-17/h5-6,8-13H,2-4,7,14H2,1H3. The number of hydrogen-bond acceptors (Lipinski definition) is 5. The molecule has 0 aliphatic carbocycles. The third-order valence-electron chi connectivity index (χ3n) is 4.48. The van der Waals surface area contributed by atoms with Gasteiger partial charge in [-0.05, 0) is 36.8 Å². The lowest BCUT2D eigenvalue weighted by Crippen LogP contribution is -2.27. The van der Waals surface area contributed by atoms with Gasteiger partial charge in [-0.3, -0.25) is 4.79 Å². The summed E-state index contributed by atoms with van der Waals surface area (Å²) in [5.74, 6) is -0.321. The van der Waals surface area contributed by atoms with Crippen molar-refractivity contribution in [2.75, 3.05) is 0 Å². The Hall–Kier alpha value is -3.46. The molecule has 28 heavy (non-hydrogen) atoms. The summed E-state index contributed by atoms with van der Waals surface area (Å²) in [5, 5.41) is 14.1. The molecule has 6 heteroatoms. The predicted molar refractivity (Wildman–Crippen MR) is 106 cm³/mol. The van der Waals surface area contributed by atoms with Crippen LogP contribution < -0.4 is 10.3 Å². The number of esters is 1. The third-order valence-corrected chi connectivity index (χ3v) is 4.48. The minimum Gasteiger partial charge on any atom is -0.422 e. The van der Waals surface area contributed by atoms with Crippen molar-refractivity contribution in [1.82, 2.24) is 9.78 Å². The number of rotatable bonds is 7. The molecule has 1 heterocycles. The van der Waals surface area contributed by atoms with E-state index >= 15 is 0 Å². The van der Waals surface area contributed by atoms with Gasteiger partial charge in [0.25, 0.3) is 5.56 Å². The van der Waals surface area contributed by atoms with Gasteiger partial charge in [-0.2, -0.15) is 10.4 Å². The highest BCUT2D eigenvalue weighted by Crippen LogP contribution is 2.18. The fourth-order valence-electron chi connectivity index (χ4n) is 2.98. The molecule has 0 saturated heterocycles. The second kappa shape index (κ2) is 8.96. The van der Waals surface area contributed by atoms with E-state index in [1.54, 1.807) is 48.5 Å². The molecule has 0 spiro atoms. The number of hydrogen-bond donors (Lipinski definition) is 0. The minimum atomic E-state index is -0.636. The number of unbranched alkanes of at least 4 members (excludes halogenated alkanes) is 3. The molecule has 0 aliphatic rings. The van der Waals surface area contributed by atoms with Gasteiger partial charge in [0.2, 0.25) is 0 Å². The van der Waals surface area contributed by atoms with Crippen LogP contribution in [0.25, 0.3) is 10.8 Å². The summed E-state index contributed by atoms with van der Waals surface area (Å²) in [6.45, 7) is 2.58. The van der Waals surface area contributed by atoms with Crippen LogP contribution in [0.5, 0.6) is 5.75 Å². The zero-order valence-electron chi connectivity index (χ0n) is 15.7. The van der Waals surface area contributed by atoms with E-state index in [9.17, 15) is 9.59 Å². The van der Waals surface area contributed by atoms with Crippen molar-refractivity contribution in [3.05, 3.63) is 70.1 Å². The highest BCUT2D eigenvalue weighted by atomic mass is 16.5. The van der Waals surface area contributed by atoms with Gasteiger partial charge in [-0.1, -0.05) is 44.4 Å². The Kier molecular flexibility index (Phi) is 6.18. The second-order valence-electron chi connectivity index (χ2n) is 6.51. The van der Waals surface area contributed by atoms with Crippen molar-refractivity contribution in [2.45, 2.75) is 39.2 Å². The molecule has 2 aromatic carbocycles. The maximum atomic E-state index is 12.8. The van der Waals surface area contributed by atoms with Crippen molar-refractivity contribution < 1.29 is 9.53 Å². The summed E-state index contributed by atoms with van der Waals surface area (Å²) in [6, 6.07) is 15.2. The van der Waals surface area contributed by atoms with Crippen LogP contribution in [0.3, 0.4) is 0 Å². The van der Waals surface area contributed by atoms with Crippen LogP contribution in [-0.2, 0) is 6.54 Å². The Morgan fingerprint density at radius 3 is 2.46 bits per heavy atom. The van der Waals surface area contributed by atoms with E-state index in [1.807, 2.05) is 6.07 Å². The Morgan fingerprint density at radius 1 is 1.07 bits per heavy atom. The van der Waals surface area contributed by atoms with E-state index in [1.165, 1.54) is 4.68 Å². The first-order valence-corrected chi connectivity index (χ1v) is 9.36. The van der Waals surface area contributed by atoms with E-state index < -0.39 is 5.97 Å². The molecule has 0 radical (unpaired) electrons. The number of ether oxygens (including phenoxy) is 1. The monoisotopic (exact) mass is 375 g/mol. The van der Waals surface area contributed by atoms with E-state index in [0.29, 0.717) is 28.6 Å². The Labute approximate surface area is 163 Å². The van der Waals surface area contributed by atoms with E-state index in [-0.39, 0.29) is 11.3 Å². The number of nitrogens with zero attached hydrogens (tertiary/aromatic N) is 3. The third kappa shape index (κ3) is 4.26. The number of nitriles is 1. The molecule has 3 aromatic rings. The lowest BCUT2D eigenvalue weighted by Gasteiger charge is -2.11. The smallest absolute Gasteiger partial charge is 0.364 e. The second-order valence-corrected chi connectivity index (χ2v) is 6.51. The largest absolute Gasteiger partial charge is 0.422 e. The summed E-state index contributed by atoms with van der Waals surface area (Å²) in [6.07, 6.45) is 4.02. The van der Waals surface area contributed by atoms with Crippen molar-refractivity contribution >= 4 is 16.7 Å². The quantitative estimate of drug-likeness (QED) is 0.353. The molecule has 0 aliphatic heterocycles.